The number of ether oxygens (including phenoxy) is 2. The predicted molar refractivity (Wildman–Crippen MR) is 81.0 cm³/mol. The van der Waals surface area contributed by atoms with Crippen molar-refractivity contribution in [2.75, 3.05) is 13.2 Å². The van der Waals surface area contributed by atoms with Gasteiger partial charge in [0.1, 0.15) is 0 Å². The lowest BCUT2D eigenvalue weighted by Gasteiger charge is -2.47. The van der Waals surface area contributed by atoms with E-state index < -0.39 is 0 Å². The highest BCUT2D eigenvalue weighted by Crippen LogP contribution is 2.43. The van der Waals surface area contributed by atoms with Crippen LogP contribution in [-0.4, -0.2) is 37.0 Å². The van der Waals surface area contributed by atoms with Crippen molar-refractivity contribution >= 4 is 0 Å². The van der Waals surface area contributed by atoms with E-state index in [9.17, 15) is 0 Å². The summed E-state index contributed by atoms with van der Waals surface area (Å²) in [5.41, 5.74) is 0.225. The maximum atomic E-state index is 6.41. The Bertz CT molecular complexity index is 295. The maximum Gasteiger partial charge on any atom is 0.0707 e. The molecule has 3 aliphatic rings. The lowest BCUT2D eigenvalue weighted by Crippen LogP contribution is -2.48. The molecule has 3 nitrogen and oxygen atoms in total. The van der Waals surface area contributed by atoms with E-state index in [0.717, 1.165) is 25.5 Å². The highest BCUT2D eigenvalue weighted by Gasteiger charge is 2.43. The molecule has 2 saturated carbocycles. The molecule has 3 heteroatoms. The summed E-state index contributed by atoms with van der Waals surface area (Å²) in [7, 11) is 0. The van der Waals surface area contributed by atoms with Gasteiger partial charge in [0, 0.05) is 19.1 Å². The van der Waals surface area contributed by atoms with Crippen molar-refractivity contribution in [2.45, 2.75) is 95.0 Å². The minimum atomic E-state index is 0.225. The van der Waals surface area contributed by atoms with Gasteiger partial charge < -0.3 is 14.8 Å². The number of rotatable bonds is 5. The van der Waals surface area contributed by atoms with Crippen LogP contribution in [0.1, 0.15) is 71.1 Å². The molecule has 1 spiro atoms. The Hall–Kier alpha value is -0.120. The highest BCUT2D eigenvalue weighted by atomic mass is 16.5. The maximum absolute atomic E-state index is 6.41. The summed E-state index contributed by atoms with van der Waals surface area (Å²) in [4.78, 5) is 0. The van der Waals surface area contributed by atoms with Crippen LogP contribution in [0, 0.1) is 0 Å². The van der Waals surface area contributed by atoms with Crippen LogP contribution in [0.4, 0.5) is 0 Å². The SMILES string of the molecule is CCCNC1CCC(OC2CCOC3(CCC3)C2)CC1. The first-order chi connectivity index (χ1) is 9.80. The van der Waals surface area contributed by atoms with Gasteiger partial charge in [-0.3, -0.25) is 0 Å². The molecule has 3 rings (SSSR count). The zero-order valence-corrected chi connectivity index (χ0v) is 13.0. The van der Waals surface area contributed by atoms with E-state index in [4.69, 9.17) is 9.47 Å². The third-order valence-corrected chi connectivity index (χ3v) is 5.45. The molecule has 0 aromatic carbocycles. The van der Waals surface area contributed by atoms with Gasteiger partial charge in [0.05, 0.1) is 17.8 Å². The van der Waals surface area contributed by atoms with E-state index in [-0.39, 0.29) is 5.60 Å². The molecule has 116 valence electrons. The molecule has 0 aromatic rings. The summed E-state index contributed by atoms with van der Waals surface area (Å²) >= 11 is 0. The first kappa shape index (κ1) is 14.8. The number of nitrogens with one attached hydrogen (secondary N) is 1. The van der Waals surface area contributed by atoms with Crippen LogP contribution in [0.25, 0.3) is 0 Å². The van der Waals surface area contributed by atoms with Crippen LogP contribution in [-0.2, 0) is 9.47 Å². The third-order valence-electron chi connectivity index (χ3n) is 5.45. The quantitative estimate of drug-likeness (QED) is 0.837. The second-order valence-corrected chi connectivity index (χ2v) is 7.06. The normalized spacial score (nSPS) is 36.8. The van der Waals surface area contributed by atoms with Crippen molar-refractivity contribution in [3.63, 3.8) is 0 Å². The van der Waals surface area contributed by atoms with E-state index in [1.807, 2.05) is 0 Å². The lowest BCUT2D eigenvalue weighted by molar-refractivity contribution is -0.181. The molecule has 0 aromatic heterocycles. The molecule has 3 fully saturated rings. The standard InChI is InChI=1S/C17H31NO2/c1-2-11-18-14-4-6-15(7-5-14)20-16-8-12-19-17(13-16)9-3-10-17/h14-16,18H,2-13H2,1H3. The van der Waals surface area contributed by atoms with Gasteiger partial charge in [0.25, 0.3) is 0 Å². The summed E-state index contributed by atoms with van der Waals surface area (Å²) in [5.74, 6) is 0. The van der Waals surface area contributed by atoms with Gasteiger partial charge in [-0.05, 0) is 64.3 Å². The molecular formula is C17H31NO2. The molecule has 1 N–H and O–H groups in total. The fourth-order valence-corrected chi connectivity index (χ4v) is 4.04. The molecule has 0 bridgehead atoms. The van der Waals surface area contributed by atoms with Crippen molar-refractivity contribution in [1.82, 2.24) is 5.32 Å². The van der Waals surface area contributed by atoms with Crippen LogP contribution >= 0.6 is 0 Å². The predicted octanol–water partition coefficient (Wildman–Crippen LogP) is 3.42. The van der Waals surface area contributed by atoms with Gasteiger partial charge in [0.15, 0.2) is 0 Å². The zero-order chi connectivity index (χ0) is 13.8. The molecule has 1 aliphatic heterocycles. The van der Waals surface area contributed by atoms with E-state index in [2.05, 4.69) is 12.2 Å². The van der Waals surface area contributed by atoms with Gasteiger partial charge in [-0.25, -0.2) is 0 Å². The Morgan fingerprint density at radius 1 is 1.10 bits per heavy atom. The molecule has 1 unspecified atom stereocenters. The van der Waals surface area contributed by atoms with E-state index in [1.54, 1.807) is 0 Å². The first-order valence-corrected chi connectivity index (χ1v) is 8.82. The van der Waals surface area contributed by atoms with Gasteiger partial charge in [-0.15, -0.1) is 0 Å². The summed E-state index contributed by atoms with van der Waals surface area (Å²) in [6.45, 7) is 4.32. The van der Waals surface area contributed by atoms with Gasteiger partial charge in [-0.1, -0.05) is 6.92 Å². The Kier molecular flexibility index (Phi) is 5.00. The fourth-order valence-electron chi connectivity index (χ4n) is 4.04. The molecule has 2 aliphatic carbocycles. The van der Waals surface area contributed by atoms with E-state index >= 15 is 0 Å². The van der Waals surface area contributed by atoms with E-state index in [0.29, 0.717) is 12.2 Å². The van der Waals surface area contributed by atoms with Crippen molar-refractivity contribution in [3.05, 3.63) is 0 Å². The van der Waals surface area contributed by atoms with Crippen molar-refractivity contribution in [3.8, 4) is 0 Å². The van der Waals surface area contributed by atoms with Gasteiger partial charge in [-0.2, -0.15) is 0 Å². The van der Waals surface area contributed by atoms with Crippen LogP contribution in [0.15, 0.2) is 0 Å². The molecular weight excluding hydrogens is 250 g/mol. The summed E-state index contributed by atoms with van der Waals surface area (Å²) in [6.07, 6.45) is 13.4. The van der Waals surface area contributed by atoms with Crippen LogP contribution < -0.4 is 5.32 Å². The second-order valence-electron chi connectivity index (χ2n) is 7.06. The highest BCUT2D eigenvalue weighted by molar-refractivity contribution is 4.95. The van der Waals surface area contributed by atoms with E-state index in [1.165, 1.54) is 57.9 Å². The molecule has 1 heterocycles. The summed E-state index contributed by atoms with van der Waals surface area (Å²) in [5, 5.41) is 3.65. The number of hydrogen-bond donors (Lipinski definition) is 1. The molecule has 1 saturated heterocycles. The first-order valence-electron chi connectivity index (χ1n) is 8.82. The Morgan fingerprint density at radius 2 is 1.90 bits per heavy atom. The van der Waals surface area contributed by atoms with Crippen LogP contribution in [0.5, 0.6) is 0 Å². The van der Waals surface area contributed by atoms with Gasteiger partial charge in [0.2, 0.25) is 0 Å². The largest absolute Gasteiger partial charge is 0.375 e. The fraction of sp³-hybridized carbons (Fsp3) is 1.00. The van der Waals surface area contributed by atoms with Crippen LogP contribution in [0.2, 0.25) is 0 Å². The van der Waals surface area contributed by atoms with Crippen molar-refractivity contribution < 1.29 is 9.47 Å². The monoisotopic (exact) mass is 281 g/mol. The summed E-state index contributed by atoms with van der Waals surface area (Å²) in [6, 6.07) is 0.738. The Balaban J connectivity index is 1.38. The average molecular weight is 281 g/mol. The summed E-state index contributed by atoms with van der Waals surface area (Å²) < 4.78 is 12.4. The molecule has 0 radical (unpaired) electrons. The molecule has 0 amide bonds. The minimum Gasteiger partial charge on any atom is -0.375 e. The zero-order valence-electron chi connectivity index (χ0n) is 13.0. The van der Waals surface area contributed by atoms with Crippen molar-refractivity contribution in [2.24, 2.45) is 0 Å². The second kappa shape index (κ2) is 6.76. The Labute approximate surface area is 123 Å². The lowest BCUT2D eigenvalue weighted by atomic mass is 9.74. The smallest absolute Gasteiger partial charge is 0.0707 e. The number of hydrogen-bond acceptors (Lipinski definition) is 3. The minimum absolute atomic E-state index is 0.225. The molecule has 1 atom stereocenters. The topological polar surface area (TPSA) is 30.5 Å². The Morgan fingerprint density at radius 3 is 2.55 bits per heavy atom. The van der Waals surface area contributed by atoms with Gasteiger partial charge >= 0.3 is 0 Å². The van der Waals surface area contributed by atoms with Crippen LogP contribution in [0.3, 0.4) is 0 Å². The average Bonchev–Trinajstić information content (AvgIpc) is 2.45. The third kappa shape index (κ3) is 3.55. The van der Waals surface area contributed by atoms with Crippen molar-refractivity contribution in [1.29, 1.82) is 0 Å². The molecule has 20 heavy (non-hydrogen) atoms.